The molecule has 0 aliphatic rings. The second kappa shape index (κ2) is 9.20. The molecule has 19 heavy (non-hydrogen) atoms. The molecule has 3 nitrogen and oxygen atoms in total. The summed E-state index contributed by atoms with van der Waals surface area (Å²) in [5, 5.41) is 6.98. The Morgan fingerprint density at radius 1 is 1.00 bits per heavy atom. The van der Waals surface area contributed by atoms with Gasteiger partial charge in [0.05, 0.1) is 5.69 Å². The molecular formula is C16H26N2O. The maximum Gasteiger partial charge on any atom is 0.170 e. The zero-order valence-corrected chi connectivity index (χ0v) is 13.2. The lowest BCUT2D eigenvalue weighted by Gasteiger charge is -2.05. The fourth-order valence-corrected chi connectivity index (χ4v) is 1.49. The molecule has 0 fully saturated rings. The molecule has 1 N–H and O–H groups in total. The number of nitrogens with zero attached hydrogens (tertiary/aromatic N) is 1. The van der Waals surface area contributed by atoms with Gasteiger partial charge >= 0.3 is 0 Å². The van der Waals surface area contributed by atoms with Gasteiger partial charge in [0.2, 0.25) is 0 Å². The lowest BCUT2D eigenvalue weighted by Crippen LogP contribution is -1.87. The van der Waals surface area contributed by atoms with Gasteiger partial charge in [-0.3, -0.25) is 5.10 Å². The first-order valence-electron chi connectivity index (χ1n) is 6.93. The van der Waals surface area contributed by atoms with Crippen LogP contribution in [0.4, 0.5) is 0 Å². The smallest absolute Gasteiger partial charge is 0.170 e. The standard InChI is InChI=1S/C12H14N2O.2C2H6/c1-8-5-4-6-11(7-8)15-12-9(2)13-14-10(12)3;2*1-2/h4-7H,1-3H3,(H,13,14);2*1-2H3. The van der Waals surface area contributed by atoms with Crippen molar-refractivity contribution >= 4 is 0 Å². The van der Waals surface area contributed by atoms with Crippen LogP contribution in [0.1, 0.15) is 44.6 Å². The van der Waals surface area contributed by atoms with Crippen LogP contribution >= 0.6 is 0 Å². The molecule has 1 heterocycles. The molecule has 106 valence electrons. The molecule has 1 aromatic carbocycles. The summed E-state index contributed by atoms with van der Waals surface area (Å²) in [5.74, 6) is 1.67. The number of benzene rings is 1. The van der Waals surface area contributed by atoms with Crippen molar-refractivity contribution in [1.29, 1.82) is 0 Å². The molecule has 0 saturated carbocycles. The number of aromatic amines is 1. The normalized spacial score (nSPS) is 8.79. The number of nitrogens with one attached hydrogen (secondary N) is 1. The van der Waals surface area contributed by atoms with E-state index in [1.54, 1.807) is 0 Å². The van der Waals surface area contributed by atoms with Crippen LogP contribution in [-0.2, 0) is 0 Å². The van der Waals surface area contributed by atoms with Crippen LogP contribution in [0.3, 0.4) is 0 Å². The first-order chi connectivity index (χ1) is 9.16. The molecule has 0 spiro atoms. The van der Waals surface area contributed by atoms with Gasteiger partial charge in [0.1, 0.15) is 11.4 Å². The summed E-state index contributed by atoms with van der Waals surface area (Å²) in [6.45, 7) is 13.9. The van der Waals surface area contributed by atoms with Gasteiger partial charge in [-0.2, -0.15) is 5.10 Å². The average Bonchev–Trinajstić information content (AvgIpc) is 2.75. The first-order valence-corrected chi connectivity index (χ1v) is 6.93. The summed E-state index contributed by atoms with van der Waals surface area (Å²) in [4.78, 5) is 0. The Bertz CT molecular complexity index is 456. The average molecular weight is 262 g/mol. The van der Waals surface area contributed by atoms with Gasteiger partial charge in [-0.15, -0.1) is 0 Å². The number of hydrogen-bond donors (Lipinski definition) is 1. The van der Waals surface area contributed by atoms with Crippen LogP contribution in [-0.4, -0.2) is 10.2 Å². The minimum absolute atomic E-state index is 0.820. The van der Waals surface area contributed by atoms with E-state index in [-0.39, 0.29) is 0 Å². The Morgan fingerprint density at radius 3 is 2.11 bits per heavy atom. The zero-order valence-electron chi connectivity index (χ0n) is 13.2. The fourth-order valence-electron chi connectivity index (χ4n) is 1.49. The molecule has 3 heteroatoms. The highest BCUT2D eigenvalue weighted by Crippen LogP contribution is 2.26. The van der Waals surface area contributed by atoms with Crippen molar-refractivity contribution in [2.75, 3.05) is 0 Å². The highest BCUT2D eigenvalue weighted by atomic mass is 16.5. The first kappa shape index (κ1) is 17.2. The third-order valence-electron chi connectivity index (χ3n) is 2.27. The van der Waals surface area contributed by atoms with Gasteiger partial charge in [0.25, 0.3) is 0 Å². The molecule has 0 atom stereocenters. The van der Waals surface area contributed by atoms with E-state index < -0.39 is 0 Å². The SMILES string of the molecule is CC.CC.Cc1cccc(Oc2c(C)n[nH]c2C)c1. The number of rotatable bonds is 2. The number of H-pyrrole nitrogens is 1. The maximum atomic E-state index is 5.77. The summed E-state index contributed by atoms with van der Waals surface area (Å²) >= 11 is 0. The van der Waals surface area contributed by atoms with Crippen molar-refractivity contribution in [2.45, 2.75) is 48.5 Å². The van der Waals surface area contributed by atoms with Gasteiger partial charge in [0, 0.05) is 0 Å². The van der Waals surface area contributed by atoms with Crippen LogP contribution in [0.5, 0.6) is 11.5 Å². The molecule has 0 bridgehead atoms. The van der Waals surface area contributed by atoms with Crippen LogP contribution < -0.4 is 4.74 Å². The van der Waals surface area contributed by atoms with Crippen molar-refractivity contribution < 1.29 is 4.74 Å². The van der Waals surface area contributed by atoms with Gasteiger partial charge in [-0.05, 0) is 38.5 Å². The molecule has 0 saturated heterocycles. The minimum Gasteiger partial charge on any atom is -0.453 e. The van der Waals surface area contributed by atoms with E-state index >= 15 is 0 Å². The van der Waals surface area contributed by atoms with Gasteiger partial charge < -0.3 is 4.74 Å². The predicted octanol–water partition coefficient (Wildman–Crippen LogP) is 5.18. The van der Waals surface area contributed by atoms with E-state index in [0.29, 0.717) is 0 Å². The molecule has 0 radical (unpaired) electrons. The van der Waals surface area contributed by atoms with E-state index in [1.807, 2.05) is 72.7 Å². The third kappa shape index (κ3) is 5.16. The summed E-state index contributed by atoms with van der Waals surface area (Å²) in [6.07, 6.45) is 0. The van der Waals surface area contributed by atoms with Gasteiger partial charge in [-0.25, -0.2) is 0 Å². The minimum atomic E-state index is 0.820. The molecule has 0 aliphatic heterocycles. The van der Waals surface area contributed by atoms with Gasteiger partial charge in [0.15, 0.2) is 5.75 Å². The Kier molecular flexibility index (Phi) is 8.34. The van der Waals surface area contributed by atoms with E-state index in [9.17, 15) is 0 Å². The monoisotopic (exact) mass is 262 g/mol. The Hall–Kier alpha value is -1.77. The third-order valence-corrected chi connectivity index (χ3v) is 2.27. The topological polar surface area (TPSA) is 37.9 Å². The predicted molar refractivity (Wildman–Crippen MR) is 82.0 cm³/mol. The van der Waals surface area contributed by atoms with Crippen LogP contribution in [0.2, 0.25) is 0 Å². The van der Waals surface area contributed by atoms with Crippen molar-refractivity contribution in [3.63, 3.8) is 0 Å². The molecule has 2 rings (SSSR count). The van der Waals surface area contributed by atoms with Gasteiger partial charge in [-0.1, -0.05) is 39.8 Å². The van der Waals surface area contributed by atoms with Crippen LogP contribution in [0.25, 0.3) is 0 Å². The second-order valence-electron chi connectivity index (χ2n) is 3.68. The van der Waals surface area contributed by atoms with Crippen molar-refractivity contribution in [2.24, 2.45) is 0 Å². The van der Waals surface area contributed by atoms with E-state index in [2.05, 4.69) is 10.2 Å². The van der Waals surface area contributed by atoms with E-state index in [1.165, 1.54) is 5.56 Å². The number of hydrogen-bond acceptors (Lipinski definition) is 2. The lowest BCUT2D eigenvalue weighted by atomic mass is 10.2. The summed E-state index contributed by atoms with van der Waals surface area (Å²) in [6, 6.07) is 7.97. The summed E-state index contributed by atoms with van der Waals surface area (Å²) in [5.41, 5.74) is 3.02. The zero-order chi connectivity index (χ0) is 14.8. The largest absolute Gasteiger partial charge is 0.453 e. The molecule has 2 aromatic rings. The highest BCUT2D eigenvalue weighted by molar-refractivity contribution is 5.37. The molecular weight excluding hydrogens is 236 g/mol. The Morgan fingerprint density at radius 2 is 1.63 bits per heavy atom. The number of aromatic nitrogens is 2. The number of ether oxygens (including phenoxy) is 1. The van der Waals surface area contributed by atoms with Crippen molar-refractivity contribution in [1.82, 2.24) is 10.2 Å². The van der Waals surface area contributed by atoms with Crippen LogP contribution in [0.15, 0.2) is 24.3 Å². The van der Waals surface area contributed by atoms with E-state index in [4.69, 9.17) is 4.74 Å². The van der Waals surface area contributed by atoms with Crippen molar-refractivity contribution in [3.8, 4) is 11.5 Å². The molecule has 0 unspecified atom stereocenters. The second-order valence-corrected chi connectivity index (χ2v) is 3.68. The fraction of sp³-hybridized carbons (Fsp3) is 0.438. The molecule has 1 aromatic heterocycles. The molecule has 0 amide bonds. The van der Waals surface area contributed by atoms with Crippen molar-refractivity contribution in [3.05, 3.63) is 41.2 Å². The maximum absolute atomic E-state index is 5.77. The summed E-state index contributed by atoms with van der Waals surface area (Å²) < 4.78 is 5.77. The lowest BCUT2D eigenvalue weighted by molar-refractivity contribution is 0.475. The Balaban J connectivity index is 0.000000741. The van der Waals surface area contributed by atoms with Crippen LogP contribution in [0, 0.1) is 20.8 Å². The van der Waals surface area contributed by atoms with E-state index in [0.717, 1.165) is 22.9 Å². The summed E-state index contributed by atoms with van der Waals surface area (Å²) in [7, 11) is 0. The highest BCUT2D eigenvalue weighted by Gasteiger charge is 2.08. The quantitative estimate of drug-likeness (QED) is 0.809. The Labute approximate surface area is 117 Å². The molecule has 0 aliphatic carbocycles. The number of aryl methyl sites for hydroxylation is 3.